The van der Waals surface area contributed by atoms with Gasteiger partial charge in [-0.3, -0.25) is 0 Å². The third kappa shape index (κ3) is 2.09. The number of rotatable bonds is 3. The second-order valence-electron chi connectivity index (χ2n) is 2.70. The molecule has 82 valence electrons. The number of hydrogen-bond donors (Lipinski definition) is 1. The largest absolute Gasteiger partial charge is 0.495 e. The van der Waals surface area contributed by atoms with Crippen molar-refractivity contribution in [1.29, 1.82) is 0 Å². The molecule has 1 aromatic rings. The third-order valence-electron chi connectivity index (χ3n) is 1.78. The van der Waals surface area contributed by atoms with Gasteiger partial charge in [-0.1, -0.05) is 6.07 Å². The lowest BCUT2D eigenvalue weighted by Gasteiger charge is -2.15. The molecule has 0 radical (unpaired) electrons. The summed E-state index contributed by atoms with van der Waals surface area (Å²) >= 11 is 3.00. The molecule has 15 heavy (non-hydrogen) atoms. The minimum absolute atomic E-state index is 0.176. The van der Waals surface area contributed by atoms with Gasteiger partial charge in [0.25, 0.3) is 0 Å². The molecule has 1 aromatic carbocycles. The first kappa shape index (κ1) is 11.9. The van der Waals surface area contributed by atoms with E-state index >= 15 is 0 Å². The first-order valence-corrected chi connectivity index (χ1v) is 4.64. The summed E-state index contributed by atoms with van der Waals surface area (Å²) < 4.78 is 31.4. The van der Waals surface area contributed by atoms with Crippen LogP contribution in [-0.4, -0.2) is 18.2 Å². The molecule has 0 saturated carbocycles. The number of alkyl halides is 2. The number of carboxylic acids is 1. The van der Waals surface area contributed by atoms with E-state index in [0.29, 0.717) is 0 Å². The van der Waals surface area contributed by atoms with Crippen LogP contribution < -0.4 is 4.74 Å². The van der Waals surface area contributed by atoms with Gasteiger partial charge in [0.15, 0.2) is 0 Å². The summed E-state index contributed by atoms with van der Waals surface area (Å²) in [5.41, 5.74) is -0.674. The average molecular weight is 281 g/mol. The zero-order valence-corrected chi connectivity index (χ0v) is 9.22. The number of aliphatic carboxylic acids is 1. The zero-order valence-electron chi connectivity index (χ0n) is 7.63. The lowest BCUT2D eigenvalue weighted by Crippen LogP contribution is -2.26. The summed E-state index contributed by atoms with van der Waals surface area (Å²) in [5, 5.41) is 8.38. The Balaban J connectivity index is 3.37. The van der Waals surface area contributed by atoms with Crippen molar-refractivity contribution in [2.45, 2.75) is 5.92 Å². The van der Waals surface area contributed by atoms with Crippen molar-refractivity contribution in [3.63, 3.8) is 0 Å². The SMILES string of the molecule is COc1c(Br)cccc1C(F)(F)C(=O)O. The molecule has 3 nitrogen and oxygen atoms in total. The number of ether oxygens (including phenoxy) is 1. The molecule has 6 heteroatoms. The van der Waals surface area contributed by atoms with Crippen LogP contribution in [0.1, 0.15) is 5.56 Å². The summed E-state index contributed by atoms with van der Waals surface area (Å²) in [6, 6.07) is 3.82. The Kier molecular flexibility index (Phi) is 3.28. The molecular weight excluding hydrogens is 274 g/mol. The molecule has 0 fully saturated rings. The number of benzene rings is 1. The van der Waals surface area contributed by atoms with Crippen LogP contribution in [-0.2, 0) is 10.7 Å². The minimum atomic E-state index is -3.96. The Morgan fingerprint density at radius 2 is 2.13 bits per heavy atom. The minimum Gasteiger partial charge on any atom is -0.495 e. The number of carboxylic acid groups (broad SMARTS) is 1. The van der Waals surface area contributed by atoms with Crippen molar-refractivity contribution in [2.75, 3.05) is 7.11 Å². The lowest BCUT2D eigenvalue weighted by atomic mass is 10.1. The third-order valence-corrected chi connectivity index (χ3v) is 2.40. The summed E-state index contributed by atoms with van der Waals surface area (Å²) in [4.78, 5) is 10.4. The van der Waals surface area contributed by atoms with Gasteiger partial charge in [0, 0.05) is 0 Å². The van der Waals surface area contributed by atoms with Gasteiger partial charge < -0.3 is 9.84 Å². The Bertz CT molecular complexity index is 393. The molecule has 0 aromatic heterocycles. The number of halogens is 3. The van der Waals surface area contributed by atoms with Crippen molar-refractivity contribution in [3.8, 4) is 5.75 Å². The van der Waals surface area contributed by atoms with Gasteiger partial charge in [-0.05, 0) is 28.1 Å². The van der Waals surface area contributed by atoms with Crippen molar-refractivity contribution in [1.82, 2.24) is 0 Å². The lowest BCUT2D eigenvalue weighted by molar-refractivity contribution is -0.166. The molecule has 0 aliphatic rings. The van der Waals surface area contributed by atoms with Gasteiger partial charge in [-0.15, -0.1) is 0 Å². The maximum absolute atomic E-state index is 13.2. The zero-order chi connectivity index (χ0) is 11.6. The molecule has 0 aliphatic heterocycles. The Morgan fingerprint density at radius 3 is 2.60 bits per heavy atom. The highest BCUT2D eigenvalue weighted by Crippen LogP contribution is 2.39. The van der Waals surface area contributed by atoms with E-state index in [1.54, 1.807) is 0 Å². The predicted molar refractivity (Wildman–Crippen MR) is 52.2 cm³/mol. The van der Waals surface area contributed by atoms with Crippen molar-refractivity contribution >= 4 is 21.9 Å². The van der Waals surface area contributed by atoms with Crippen LogP contribution >= 0.6 is 15.9 Å². The Hall–Kier alpha value is -1.17. The highest BCUT2D eigenvalue weighted by atomic mass is 79.9. The highest BCUT2D eigenvalue weighted by molar-refractivity contribution is 9.10. The molecule has 0 atom stereocenters. The number of hydrogen-bond acceptors (Lipinski definition) is 2. The normalized spacial score (nSPS) is 11.2. The quantitative estimate of drug-likeness (QED) is 0.926. The predicted octanol–water partition coefficient (Wildman–Crippen LogP) is 2.63. The standard InChI is InChI=1S/C9H7BrF2O3/c1-15-7-5(3-2-4-6(7)10)9(11,12)8(13)14/h2-4H,1H3,(H,13,14). The molecule has 0 bridgehead atoms. The number of para-hydroxylation sites is 1. The molecule has 0 heterocycles. The van der Waals surface area contributed by atoms with Crippen LogP contribution in [0.15, 0.2) is 22.7 Å². The first-order chi connectivity index (χ1) is 6.91. The summed E-state index contributed by atoms with van der Waals surface area (Å²) in [7, 11) is 1.20. The van der Waals surface area contributed by atoms with Gasteiger partial charge in [-0.25, -0.2) is 4.79 Å². The molecule has 0 spiro atoms. The van der Waals surface area contributed by atoms with E-state index in [1.807, 2.05) is 0 Å². The molecule has 0 saturated heterocycles. The van der Waals surface area contributed by atoms with Crippen molar-refractivity contribution < 1.29 is 23.4 Å². The molecular formula is C9H7BrF2O3. The summed E-state index contributed by atoms with van der Waals surface area (Å²) in [6.45, 7) is 0. The van der Waals surface area contributed by atoms with Crippen LogP contribution in [0, 0.1) is 0 Å². The first-order valence-electron chi connectivity index (χ1n) is 3.85. The fourth-order valence-electron chi connectivity index (χ4n) is 1.08. The van der Waals surface area contributed by atoms with Gasteiger partial charge in [-0.2, -0.15) is 8.78 Å². The van der Waals surface area contributed by atoms with Crippen LogP contribution in [0.25, 0.3) is 0 Å². The number of methoxy groups -OCH3 is 1. The number of carbonyl (C=O) groups is 1. The molecule has 1 rings (SSSR count). The second kappa shape index (κ2) is 4.14. The van der Waals surface area contributed by atoms with Crippen molar-refractivity contribution in [2.24, 2.45) is 0 Å². The van der Waals surface area contributed by atoms with Crippen LogP contribution in [0.3, 0.4) is 0 Å². The molecule has 0 amide bonds. The van der Waals surface area contributed by atoms with E-state index in [-0.39, 0.29) is 10.2 Å². The van der Waals surface area contributed by atoms with Crippen LogP contribution in [0.2, 0.25) is 0 Å². The smallest absolute Gasteiger partial charge is 0.379 e. The summed E-state index contributed by atoms with van der Waals surface area (Å²) in [5.74, 6) is -6.35. The highest BCUT2D eigenvalue weighted by Gasteiger charge is 2.43. The van der Waals surface area contributed by atoms with Gasteiger partial charge >= 0.3 is 11.9 Å². The van der Waals surface area contributed by atoms with Gasteiger partial charge in [0.2, 0.25) is 0 Å². The molecule has 0 aliphatic carbocycles. The maximum Gasteiger partial charge on any atom is 0.379 e. The fourth-order valence-corrected chi connectivity index (χ4v) is 1.61. The summed E-state index contributed by atoms with van der Waals surface area (Å²) in [6.07, 6.45) is 0. The monoisotopic (exact) mass is 280 g/mol. The average Bonchev–Trinajstić information content (AvgIpc) is 2.17. The topological polar surface area (TPSA) is 46.5 Å². The fraction of sp³-hybridized carbons (Fsp3) is 0.222. The van der Waals surface area contributed by atoms with Gasteiger partial charge in [0.05, 0.1) is 17.1 Å². The van der Waals surface area contributed by atoms with E-state index in [4.69, 9.17) is 9.84 Å². The maximum atomic E-state index is 13.2. The van der Waals surface area contributed by atoms with E-state index in [2.05, 4.69) is 15.9 Å². The van der Waals surface area contributed by atoms with E-state index in [1.165, 1.54) is 19.2 Å². The van der Waals surface area contributed by atoms with Crippen LogP contribution in [0.5, 0.6) is 5.75 Å². The van der Waals surface area contributed by atoms with Gasteiger partial charge in [0.1, 0.15) is 5.75 Å². The Morgan fingerprint density at radius 1 is 1.53 bits per heavy atom. The molecule has 0 unspecified atom stereocenters. The Labute approximate surface area is 92.8 Å². The van der Waals surface area contributed by atoms with Crippen molar-refractivity contribution in [3.05, 3.63) is 28.2 Å². The second-order valence-corrected chi connectivity index (χ2v) is 3.55. The van der Waals surface area contributed by atoms with E-state index in [9.17, 15) is 13.6 Å². The van der Waals surface area contributed by atoms with Crippen LogP contribution in [0.4, 0.5) is 8.78 Å². The molecule has 1 N–H and O–H groups in total. The van der Waals surface area contributed by atoms with E-state index < -0.39 is 17.5 Å². The van der Waals surface area contributed by atoms with E-state index in [0.717, 1.165) is 6.07 Å².